The van der Waals surface area contributed by atoms with Crippen molar-refractivity contribution >= 4 is 11.9 Å². The fourth-order valence-electron chi connectivity index (χ4n) is 3.38. The maximum Gasteiger partial charge on any atom is 0.305 e. The van der Waals surface area contributed by atoms with Crippen LogP contribution in [-0.2, 0) is 19.1 Å². The fraction of sp³-hybridized carbons (Fsp3) is 0.920. The highest BCUT2D eigenvalue weighted by atomic mass is 16.5. The zero-order chi connectivity index (χ0) is 21.6. The Morgan fingerprint density at radius 2 is 1.07 bits per heavy atom. The molecule has 4 nitrogen and oxygen atoms in total. The molecule has 0 aromatic heterocycles. The zero-order valence-corrected chi connectivity index (χ0v) is 19.6. The van der Waals surface area contributed by atoms with Gasteiger partial charge in [-0.3, -0.25) is 9.59 Å². The Morgan fingerprint density at radius 1 is 0.586 bits per heavy atom. The van der Waals surface area contributed by atoms with Crippen molar-refractivity contribution in [3.63, 3.8) is 0 Å². The van der Waals surface area contributed by atoms with Crippen molar-refractivity contribution in [2.24, 2.45) is 5.92 Å². The summed E-state index contributed by atoms with van der Waals surface area (Å²) < 4.78 is 10.6. The summed E-state index contributed by atoms with van der Waals surface area (Å²) >= 11 is 0. The molecule has 0 rings (SSSR count). The minimum absolute atomic E-state index is 0.0348. The van der Waals surface area contributed by atoms with Crippen LogP contribution >= 0.6 is 0 Å². The average molecular weight is 413 g/mol. The summed E-state index contributed by atoms with van der Waals surface area (Å²) in [6, 6.07) is 0. The standard InChI is InChI=1S/C25H48O4/c1-4-6-8-15-21-28-24(26)18-14-12-10-11-13-17-23(3)19-20-25(27)29-22-16-9-7-5-2/h23H,4-22H2,1-3H3. The van der Waals surface area contributed by atoms with Gasteiger partial charge in [0.25, 0.3) is 0 Å². The van der Waals surface area contributed by atoms with Gasteiger partial charge >= 0.3 is 11.9 Å². The number of unbranched alkanes of at least 4 members (excludes halogenated alkanes) is 10. The van der Waals surface area contributed by atoms with E-state index in [1.165, 1.54) is 51.4 Å². The summed E-state index contributed by atoms with van der Waals surface area (Å²) in [7, 11) is 0. The third-order valence-electron chi connectivity index (χ3n) is 5.44. The van der Waals surface area contributed by atoms with Gasteiger partial charge in [-0.2, -0.15) is 0 Å². The summed E-state index contributed by atoms with van der Waals surface area (Å²) in [4.78, 5) is 23.4. The molecule has 0 amide bonds. The molecule has 0 saturated heterocycles. The van der Waals surface area contributed by atoms with Crippen molar-refractivity contribution in [2.45, 2.75) is 130 Å². The highest BCUT2D eigenvalue weighted by molar-refractivity contribution is 5.69. The van der Waals surface area contributed by atoms with Crippen molar-refractivity contribution < 1.29 is 19.1 Å². The predicted molar refractivity (Wildman–Crippen MR) is 121 cm³/mol. The summed E-state index contributed by atoms with van der Waals surface area (Å²) in [5.74, 6) is 0.503. The third-order valence-corrected chi connectivity index (χ3v) is 5.44. The molecular formula is C25H48O4. The minimum atomic E-state index is -0.0365. The van der Waals surface area contributed by atoms with E-state index in [1.807, 2.05) is 0 Å². The van der Waals surface area contributed by atoms with E-state index in [1.54, 1.807) is 0 Å². The second-order valence-corrected chi connectivity index (χ2v) is 8.51. The molecule has 0 aliphatic heterocycles. The summed E-state index contributed by atoms with van der Waals surface area (Å²) in [5, 5.41) is 0. The van der Waals surface area contributed by atoms with Crippen molar-refractivity contribution in [1.82, 2.24) is 0 Å². The smallest absolute Gasteiger partial charge is 0.305 e. The molecule has 0 heterocycles. The Morgan fingerprint density at radius 3 is 1.66 bits per heavy atom. The van der Waals surface area contributed by atoms with Crippen LogP contribution in [0.5, 0.6) is 0 Å². The lowest BCUT2D eigenvalue weighted by molar-refractivity contribution is -0.145. The van der Waals surface area contributed by atoms with E-state index in [-0.39, 0.29) is 11.9 Å². The van der Waals surface area contributed by atoms with Crippen LogP contribution in [0.1, 0.15) is 130 Å². The number of carbonyl (C=O) groups excluding carboxylic acids is 2. The first-order valence-corrected chi connectivity index (χ1v) is 12.4. The van der Waals surface area contributed by atoms with Crippen molar-refractivity contribution in [1.29, 1.82) is 0 Å². The van der Waals surface area contributed by atoms with Crippen molar-refractivity contribution in [3.8, 4) is 0 Å². The topological polar surface area (TPSA) is 52.6 Å². The number of ether oxygens (including phenoxy) is 2. The molecule has 0 spiro atoms. The molecule has 0 bridgehead atoms. The molecule has 172 valence electrons. The van der Waals surface area contributed by atoms with Gasteiger partial charge in [-0.05, 0) is 31.6 Å². The van der Waals surface area contributed by atoms with E-state index in [9.17, 15) is 9.59 Å². The van der Waals surface area contributed by atoms with E-state index in [4.69, 9.17) is 9.47 Å². The highest BCUT2D eigenvalue weighted by Crippen LogP contribution is 2.17. The first-order chi connectivity index (χ1) is 14.1. The molecule has 1 unspecified atom stereocenters. The molecule has 4 heteroatoms. The molecule has 0 N–H and O–H groups in total. The van der Waals surface area contributed by atoms with E-state index in [0.29, 0.717) is 32.0 Å². The summed E-state index contributed by atoms with van der Waals surface area (Å²) in [5.41, 5.74) is 0. The van der Waals surface area contributed by atoms with E-state index in [0.717, 1.165) is 44.9 Å². The van der Waals surface area contributed by atoms with Crippen LogP contribution in [-0.4, -0.2) is 25.2 Å². The van der Waals surface area contributed by atoms with E-state index >= 15 is 0 Å². The largest absolute Gasteiger partial charge is 0.466 e. The number of rotatable bonds is 21. The first kappa shape index (κ1) is 27.9. The van der Waals surface area contributed by atoms with Gasteiger partial charge in [0, 0.05) is 12.8 Å². The number of esters is 2. The average Bonchev–Trinajstić information content (AvgIpc) is 2.71. The molecule has 0 aliphatic carbocycles. The Labute approximate surface area is 180 Å². The van der Waals surface area contributed by atoms with Gasteiger partial charge in [0.2, 0.25) is 0 Å². The molecule has 29 heavy (non-hydrogen) atoms. The molecule has 0 aromatic carbocycles. The first-order valence-electron chi connectivity index (χ1n) is 12.4. The van der Waals surface area contributed by atoms with Crippen LogP contribution in [0.3, 0.4) is 0 Å². The third kappa shape index (κ3) is 21.5. The van der Waals surface area contributed by atoms with Gasteiger partial charge in [-0.15, -0.1) is 0 Å². The Balaban J connectivity index is 3.39. The molecule has 0 radical (unpaired) electrons. The highest BCUT2D eigenvalue weighted by Gasteiger charge is 2.08. The Hall–Kier alpha value is -1.06. The maximum absolute atomic E-state index is 11.7. The fourth-order valence-corrected chi connectivity index (χ4v) is 3.38. The second kappa shape index (κ2) is 21.6. The van der Waals surface area contributed by atoms with Crippen LogP contribution in [0.25, 0.3) is 0 Å². The van der Waals surface area contributed by atoms with E-state index < -0.39 is 0 Å². The minimum Gasteiger partial charge on any atom is -0.466 e. The maximum atomic E-state index is 11.7. The lowest BCUT2D eigenvalue weighted by atomic mass is 9.97. The normalized spacial score (nSPS) is 12.0. The molecule has 0 saturated carbocycles. The number of hydrogen-bond donors (Lipinski definition) is 0. The van der Waals surface area contributed by atoms with Crippen LogP contribution in [0, 0.1) is 5.92 Å². The molecule has 1 atom stereocenters. The molecule has 0 aliphatic rings. The Bertz CT molecular complexity index is 381. The van der Waals surface area contributed by atoms with Gasteiger partial charge in [0.15, 0.2) is 0 Å². The summed E-state index contributed by atoms with van der Waals surface area (Å²) in [6.07, 6.45) is 18.0. The van der Waals surface area contributed by atoms with Gasteiger partial charge < -0.3 is 9.47 Å². The van der Waals surface area contributed by atoms with Gasteiger partial charge in [-0.1, -0.05) is 91.4 Å². The summed E-state index contributed by atoms with van der Waals surface area (Å²) in [6.45, 7) is 7.76. The van der Waals surface area contributed by atoms with Gasteiger partial charge in [-0.25, -0.2) is 0 Å². The van der Waals surface area contributed by atoms with Gasteiger partial charge in [0.05, 0.1) is 13.2 Å². The van der Waals surface area contributed by atoms with Crippen LogP contribution < -0.4 is 0 Å². The molecular weight excluding hydrogens is 364 g/mol. The predicted octanol–water partition coefficient (Wildman–Crippen LogP) is 7.38. The van der Waals surface area contributed by atoms with Crippen molar-refractivity contribution in [3.05, 3.63) is 0 Å². The molecule has 0 fully saturated rings. The number of hydrogen-bond acceptors (Lipinski definition) is 4. The Kier molecular flexibility index (Phi) is 20.9. The second-order valence-electron chi connectivity index (χ2n) is 8.51. The lowest BCUT2D eigenvalue weighted by Gasteiger charge is -2.11. The number of carbonyl (C=O) groups is 2. The monoisotopic (exact) mass is 412 g/mol. The van der Waals surface area contributed by atoms with E-state index in [2.05, 4.69) is 20.8 Å². The van der Waals surface area contributed by atoms with Crippen LogP contribution in [0.2, 0.25) is 0 Å². The van der Waals surface area contributed by atoms with Crippen LogP contribution in [0.4, 0.5) is 0 Å². The van der Waals surface area contributed by atoms with Gasteiger partial charge in [0.1, 0.15) is 0 Å². The zero-order valence-electron chi connectivity index (χ0n) is 19.6. The van der Waals surface area contributed by atoms with Crippen LogP contribution in [0.15, 0.2) is 0 Å². The quantitative estimate of drug-likeness (QED) is 0.146. The molecule has 0 aromatic rings. The SMILES string of the molecule is CCCCCCOC(=O)CCCCCCCC(C)CCC(=O)OCCCCCC. The van der Waals surface area contributed by atoms with Crippen molar-refractivity contribution in [2.75, 3.05) is 13.2 Å². The lowest BCUT2D eigenvalue weighted by Crippen LogP contribution is -2.08.